The van der Waals surface area contributed by atoms with Gasteiger partial charge in [-0.25, -0.2) is 4.79 Å². The van der Waals surface area contributed by atoms with Crippen LogP contribution in [0.25, 0.3) is 0 Å². The second kappa shape index (κ2) is 8.30. The molecule has 0 saturated heterocycles. The highest BCUT2D eigenvalue weighted by Gasteiger charge is 2.20. The van der Waals surface area contributed by atoms with Gasteiger partial charge in [0.05, 0.1) is 23.4 Å². The first-order valence-electron chi connectivity index (χ1n) is 7.40. The minimum atomic E-state index is -0.845. The molecule has 0 radical (unpaired) electrons. The molecule has 0 atom stereocenters. The molecule has 0 unspecified atom stereocenters. The summed E-state index contributed by atoms with van der Waals surface area (Å²) in [5.74, 6) is -2.13. The number of methoxy groups -OCH3 is 1. The van der Waals surface area contributed by atoms with Gasteiger partial charge in [0, 0.05) is 13.6 Å². The molecule has 0 saturated carbocycles. The first kappa shape index (κ1) is 18.5. The van der Waals surface area contributed by atoms with Crippen LogP contribution in [0.4, 0.5) is 5.69 Å². The first-order valence-corrected chi connectivity index (χ1v) is 7.78. The molecule has 130 valence electrons. The molecule has 0 aromatic heterocycles. The smallest absolute Gasteiger partial charge is 0.337 e. The van der Waals surface area contributed by atoms with Crippen molar-refractivity contribution in [2.45, 2.75) is 6.54 Å². The number of hydrogen-bond acceptors (Lipinski definition) is 4. The van der Waals surface area contributed by atoms with E-state index in [1.165, 1.54) is 37.3 Å². The molecule has 2 amide bonds. The van der Waals surface area contributed by atoms with Crippen LogP contribution < -0.4 is 5.32 Å². The SMILES string of the molecule is COC(=O)c1ccc(Cl)c(NC(=O)C(=O)N(C)Cc2ccccc2)c1. The molecule has 2 aromatic carbocycles. The average molecular weight is 361 g/mol. The highest BCUT2D eigenvalue weighted by Crippen LogP contribution is 2.23. The van der Waals surface area contributed by atoms with Crippen LogP contribution in [-0.4, -0.2) is 36.8 Å². The number of likely N-dealkylation sites (N-methyl/N-ethyl adjacent to an activating group) is 1. The van der Waals surface area contributed by atoms with Crippen molar-refractivity contribution in [1.82, 2.24) is 4.90 Å². The van der Waals surface area contributed by atoms with Gasteiger partial charge in [0.15, 0.2) is 0 Å². The zero-order chi connectivity index (χ0) is 18.4. The summed E-state index contributed by atoms with van der Waals surface area (Å²) < 4.78 is 4.62. The second-order valence-corrected chi connectivity index (χ2v) is 5.69. The third-order valence-electron chi connectivity index (χ3n) is 3.44. The average Bonchev–Trinajstić information content (AvgIpc) is 2.62. The van der Waals surface area contributed by atoms with Gasteiger partial charge in [-0.3, -0.25) is 9.59 Å². The van der Waals surface area contributed by atoms with Crippen molar-refractivity contribution < 1.29 is 19.1 Å². The third kappa shape index (κ3) is 4.81. The number of carbonyl (C=O) groups excluding carboxylic acids is 3. The Hall–Kier alpha value is -2.86. The quantitative estimate of drug-likeness (QED) is 0.672. The minimum absolute atomic E-state index is 0.163. The van der Waals surface area contributed by atoms with Gasteiger partial charge in [0.25, 0.3) is 0 Å². The van der Waals surface area contributed by atoms with Crippen LogP contribution in [-0.2, 0) is 20.9 Å². The lowest BCUT2D eigenvalue weighted by molar-refractivity contribution is -0.142. The summed E-state index contributed by atoms with van der Waals surface area (Å²) in [6, 6.07) is 13.6. The lowest BCUT2D eigenvalue weighted by Crippen LogP contribution is -2.36. The molecular weight excluding hydrogens is 344 g/mol. The summed E-state index contributed by atoms with van der Waals surface area (Å²) in [7, 11) is 2.78. The fourth-order valence-corrected chi connectivity index (χ4v) is 2.31. The third-order valence-corrected chi connectivity index (χ3v) is 3.77. The maximum atomic E-state index is 12.2. The highest BCUT2D eigenvalue weighted by atomic mass is 35.5. The monoisotopic (exact) mass is 360 g/mol. The number of nitrogens with one attached hydrogen (secondary N) is 1. The number of ether oxygens (including phenoxy) is 1. The van der Waals surface area contributed by atoms with Crippen molar-refractivity contribution in [2.24, 2.45) is 0 Å². The molecule has 0 heterocycles. The lowest BCUT2D eigenvalue weighted by atomic mass is 10.2. The molecule has 0 aliphatic heterocycles. The van der Waals surface area contributed by atoms with E-state index in [0.717, 1.165) is 5.56 Å². The molecule has 25 heavy (non-hydrogen) atoms. The number of benzene rings is 2. The number of rotatable bonds is 4. The maximum absolute atomic E-state index is 12.2. The number of esters is 1. The molecule has 0 aliphatic carbocycles. The van der Waals surface area contributed by atoms with E-state index in [1.807, 2.05) is 30.3 Å². The summed E-state index contributed by atoms with van der Waals surface area (Å²) in [4.78, 5) is 37.2. The molecule has 2 rings (SSSR count). The van der Waals surface area contributed by atoms with E-state index < -0.39 is 17.8 Å². The van der Waals surface area contributed by atoms with Crippen molar-refractivity contribution >= 4 is 35.1 Å². The Morgan fingerprint density at radius 1 is 1.12 bits per heavy atom. The van der Waals surface area contributed by atoms with Gasteiger partial charge in [0.2, 0.25) is 0 Å². The molecule has 0 spiro atoms. The number of nitrogens with zero attached hydrogens (tertiary/aromatic N) is 1. The zero-order valence-corrected chi connectivity index (χ0v) is 14.5. The first-order chi connectivity index (χ1) is 11.9. The van der Waals surface area contributed by atoms with E-state index in [1.54, 1.807) is 0 Å². The Balaban J connectivity index is 2.08. The van der Waals surface area contributed by atoms with E-state index in [4.69, 9.17) is 11.6 Å². The van der Waals surface area contributed by atoms with Crippen LogP contribution in [0.3, 0.4) is 0 Å². The summed E-state index contributed by atoms with van der Waals surface area (Å²) in [5.41, 5.74) is 1.28. The summed E-state index contributed by atoms with van der Waals surface area (Å²) in [5, 5.41) is 2.63. The van der Waals surface area contributed by atoms with Gasteiger partial charge < -0.3 is 15.0 Å². The van der Waals surface area contributed by atoms with Crippen molar-refractivity contribution in [3.63, 3.8) is 0 Å². The van der Waals surface area contributed by atoms with Crippen LogP contribution >= 0.6 is 11.6 Å². The Kier molecular flexibility index (Phi) is 6.14. The van der Waals surface area contributed by atoms with Crippen molar-refractivity contribution in [3.05, 3.63) is 64.7 Å². The fraction of sp³-hybridized carbons (Fsp3) is 0.167. The molecule has 0 bridgehead atoms. The largest absolute Gasteiger partial charge is 0.465 e. The Morgan fingerprint density at radius 2 is 1.80 bits per heavy atom. The van der Waals surface area contributed by atoms with Crippen molar-refractivity contribution in [3.8, 4) is 0 Å². The van der Waals surface area contributed by atoms with Gasteiger partial charge in [-0.15, -0.1) is 0 Å². The number of halogens is 1. The highest BCUT2D eigenvalue weighted by molar-refractivity contribution is 6.41. The summed E-state index contributed by atoms with van der Waals surface area (Å²) >= 11 is 6.01. The maximum Gasteiger partial charge on any atom is 0.337 e. The molecule has 7 heteroatoms. The van der Waals surface area contributed by atoms with Crippen molar-refractivity contribution in [1.29, 1.82) is 0 Å². The molecular formula is C18H17ClN2O4. The number of hydrogen-bond donors (Lipinski definition) is 1. The fourth-order valence-electron chi connectivity index (χ4n) is 2.14. The van der Waals surface area contributed by atoms with E-state index in [-0.39, 0.29) is 16.3 Å². The lowest BCUT2D eigenvalue weighted by Gasteiger charge is -2.17. The Morgan fingerprint density at radius 3 is 2.44 bits per heavy atom. The van der Waals surface area contributed by atoms with E-state index in [0.29, 0.717) is 6.54 Å². The van der Waals surface area contributed by atoms with E-state index in [9.17, 15) is 14.4 Å². The van der Waals surface area contributed by atoms with E-state index in [2.05, 4.69) is 10.1 Å². The van der Waals surface area contributed by atoms with Crippen LogP contribution in [0.5, 0.6) is 0 Å². The molecule has 2 aromatic rings. The number of carbonyl (C=O) groups is 3. The second-order valence-electron chi connectivity index (χ2n) is 5.29. The van der Waals surface area contributed by atoms with Gasteiger partial charge >= 0.3 is 17.8 Å². The topological polar surface area (TPSA) is 75.7 Å². The molecule has 0 aliphatic rings. The molecule has 1 N–H and O–H groups in total. The summed E-state index contributed by atoms with van der Waals surface area (Å²) in [6.45, 7) is 0.295. The van der Waals surface area contributed by atoms with Crippen LogP contribution in [0.1, 0.15) is 15.9 Å². The number of amides is 2. The number of anilines is 1. The van der Waals surface area contributed by atoms with Gasteiger partial charge in [-0.2, -0.15) is 0 Å². The van der Waals surface area contributed by atoms with Gasteiger partial charge in [-0.05, 0) is 23.8 Å². The van der Waals surface area contributed by atoms with Crippen LogP contribution in [0.2, 0.25) is 5.02 Å². The normalized spacial score (nSPS) is 10.0. The van der Waals surface area contributed by atoms with Crippen molar-refractivity contribution in [2.75, 3.05) is 19.5 Å². The van der Waals surface area contributed by atoms with Gasteiger partial charge in [-0.1, -0.05) is 41.9 Å². The minimum Gasteiger partial charge on any atom is -0.465 e. The summed E-state index contributed by atoms with van der Waals surface area (Å²) in [6.07, 6.45) is 0. The van der Waals surface area contributed by atoms with E-state index >= 15 is 0 Å². The van der Waals surface area contributed by atoms with Crippen LogP contribution in [0.15, 0.2) is 48.5 Å². The predicted octanol–water partition coefficient (Wildman–Crippen LogP) is 2.72. The molecule has 6 nitrogen and oxygen atoms in total. The Labute approximate surface area is 150 Å². The predicted molar refractivity (Wildman–Crippen MR) is 94.3 cm³/mol. The Bertz CT molecular complexity index is 793. The van der Waals surface area contributed by atoms with Gasteiger partial charge in [0.1, 0.15) is 0 Å². The van der Waals surface area contributed by atoms with Crippen LogP contribution in [0, 0.1) is 0 Å². The zero-order valence-electron chi connectivity index (χ0n) is 13.8. The standard InChI is InChI=1S/C18H17ClN2O4/c1-21(11-12-6-4-3-5-7-12)17(23)16(22)20-15-10-13(18(24)25-2)8-9-14(15)19/h3-10H,11H2,1-2H3,(H,20,22). The molecule has 0 fully saturated rings.